The van der Waals surface area contributed by atoms with Gasteiger partial charge in [0.15, 0.2) is 9.84 Å². The molecule has 0 aliphatic rings. The summed E-state index contributed by atoms with van der Waals surface area (Å²) < 4.78 is 23.9. The molecule has 0 bridgehead atoms. The van der Waals surface area contributed by atoms with Gasteiger partial charge in [-0.1, -0.05) is 48.6 Å². The average molecular weight is 290 g/mol. The second-order valence-corrected chi connectivity index (χ2v) is 6.30. The van der Waals surface area contributed by atoms with Crippen molar-refractivity contribution in [3.63, 3.8) is 0 Å². The second-order valence-electron chi connectivity index (χ2n) is 4.47. The molecule has 0 fully saturated rings. The van der Waals surface area contributed by atoms with Crippen LogP contribution in [-0.4, -0.2) is 8.42 Å². The summed E-state index contributed by atoms with van der Waals surface area (Å²) in [5, 5.41) is 1.32. The zero-order valence-electron chi connectivity index (χ0n) is 11.9. The van der Waals surface area contributed by atoms with Gasteiger partial charge >= 0.3 is 0 Å². The lowest BCUT2D eigenvalue weighted by atomic mass is 10.2. The van der Waals surface area contributed by atoms with Gasteiger partial charge in [-0.05, 0) is 44.7 Å². The Balaban J connectivity index is 2.31. The van der Waals surface area contributed by atoms with Gasteiger partial charge in [-0.15, -0.1) is 0 Å². The fourth-order valence-corrected chi connectivity index (χ4v) is 2.78. The van der Waals surface area contributed by atoms with Gasteiger partial charge in [0.2, 0.25) is 0 Å². The van der Waals surface area contributed by atoms with Crippen molar-refractivity contribution in [2.75, 3.05) is 0 Å². The summed E-state index contributed by atoms with van der Waals surface area (Å²) in [5.74, 6) is 0. The number of allylic oxidation sites excluding steroid dienone is 5. The number of unbranched alkanes of at least 4 members (excludes halogenated alkanes) is 3. The van der Waals surface area contributed by atoms with Gasteiger partial charge in [0.25, 0.3) is 0 Å². The molecule has 108 valence electrons. The Morgan fingerprint density at radius 3 is 2.25 bits per heavy atom. The van der Waals surface area contributed by atoms with Gasteiger partial charge in [0.1, 0.15) is 0 Å². The van der Waals surface area contributed by atoms with Crippen molar-refractivity contribution >= 4 is 9.84 Å². The smallest absolute Gasteiger partial charge is 0.199 e. The van der Waals surface area contributed by atoms with Crippen LogP contribution in [0.15, 0.2) is 71.0 Å². The SMILES string of the molecule is C/C=C/C=C\CCCC/C=C\S(=O)(=O)c1ccccc1. The molecule has 0 N–H and O–H groups in total. The van der Waals surface area contributed by atoms with Crippen LogP contribution >= 0.6 is 0 Å². The molecule has 0 heterocycles. The maximum Gasteiger partial charge on any atom is 0.199 e. The zero-order valence-corrected chi connectivity index (χ0v) is 12.7. The largest absolute Gasteiger partial charge is 0.219 e. The van der Waals surface area contributed by atoms with Gasteiger partial charge in [0.05, 0.1) is 4.90 Å². The minimum atomic E-state index is -3.27. The highest BCUT2D eigenvalue weighted by molar-refractivity contribution is 7.94. The Hall–Kier alpha value is -1.61. The van der Waals surface area contributed by atoms with Crippen molar-refractivity contribution in [2.24, 2.45) is 0 Å². The lowest BCUT2D eigenvalue weighted by molar-refractivity contribution is 0.604. The third-order valence-corrected chi connectivity index (χ3v) is 4.26. The maximum absolute atomic E-state index is 11.9. The molecule has 0 saturated heterocycles. The summed E-state index contributed by atoms with van der Waals surface area (Å²) >= 11 is 0. The summed E-state index contributed by atoms with van der Waals surface area (Å²) in [5.41, 5.74) is 0. The summed E-state index contributed by atoms with van der Waals surface area (Å²) in [7, 11) is -3.27. The predicted molar refractivity (Wildman–Crippen MR) is 85.2 cm³/mol. The van der Waals surface area contributed by atoms with Crippen LogP contribution in [0.1, 0.15) is 32.6 Å². The van der Waals surface area contributed by atoms with E-state index in [9.17, 15) is 8.42 Å². The van der Waals surface area contributed by atoms with Crippen LogP contribution in [0.3, 0.4) is 0 Å². The average Bonchev–Trinajstić information content (AvgIpc) is 2.46. The molecule has 0 atom stereocenters. The Morgan fingerprint density at radius 2 is 1.60 bits per heavy atom. The van der Waals surface area contributed by atoms with E-state index in [0.717, 1.165) is 25.7 Å². The molecular formula is C17H22O2S. The highest BCUT2D eigenvalue weighted by atomic mass is 32.2. The fraction of sp³-hybridized carbons (Fsp3) is 0.294. The van der Waals surface area contributed by atoms with Crippen LogP contribution in [-0.2, 0) is 9.84 Å². The first kappa shape index (κ1) is 16.4. The highest BCUT2D eigenvalue weighted by Gasteiger charge is 2.07. The molecule has 0 aromatic heterocycles. The van der Waals surface area contributed by atoms with E-state index in [-0.39, 0.29) is 0 Å². The molecule has 0 radical (unpaired) electrons. The zero-order chi connectivity index (χ0) is 14.7. The van der Waals surface area contributed by atoms with Crippen molar-refractivity contribution in [1.29, 1.82) is 0 Å². The Labute approximate surface area is 122 Å². The van der Waals surface area contributed by atoms with Crippen molar-refractivity contribution in [3.05, 3.63) is 66.1 Å². The lowest BCUT2D eigenvalue weighted by Crippen LogP contribution is -1.95. The van der Waals surface area contributed by atoms with E-state index in [2.05, 4.69) is 6.08 Å². The van der Waals surface area contributed by atoms with E-state index in [0.29, 0.717) is 4.90 Å². The number of hydrogen-bond donors (Lipinski definition) is 0. The fourth-order valence-electron chi connectivity index (χ4n) is 1.69. The van der Waals surface area contributed by atoms with E-state index < -0.39 is 9.84 Å². The third-order valence-electron chi connectivity index (χ3n) is 2.78. The number of rotatable bonds is 8. The first-order valence-electron chi connectivity index (χ1n) is 6.91. The molecule has 0 aliphatic carbocycles. The highest BCUT2D eigenvalue weighted by Crippen LogP contribution is 2.12. The van der Waals surface area contributed by atoms with E-state index in [1.165, 1.54) is 5.41 Å². The van der Waals surface area contributed by atoms with Crippen molar-refractivity contribution in [2.45, 2.75) is 37.5 Å². The van der Waals surface area contributed by atoms with Crippen LogP contribution in [0, 0.1) is 0 Å². The summed E-state index contributed by atoms with van der Waals surface area (Å²) in [6.45, 7) is 1.99. The maximum atomic E-state index is 11.9. The molecule has 1 aromatic carbocycles. The Morgan fingerprint density at radius 1 is 0.950 bits per heavy atom. The first-order chi connectivity index (χ1) is 9.67. The lowest BCUT2D eigenvalue weighted by Gasteiger charge is -1.98. The second kappa shape index (κ2) is 9.32. The van der Waals surface area contributed by atoms with Crippen molar-refractivity contribution in [1.82, 2.24) is 0 Å². The van der Waals surface area contributed by atoms with Crippen LogP contribution in [0.5, 0.6) is 0 Å². The number of benzene rings is 1. The molecule has 0 amide bonds. The molecule has 0 spiro atoms. The van der Waals surface area contributed by atoms with Crippen LogP contribution in [0.2, 0.25) is 0 Å². The van der Waals surface area contributed by atoms with Crippen LogP contribution in [0.25, 0.3) is 0 Å². The summed E-state index contributed by atoms with van der Waals surface area (Å²) in [6, 6.07) is 8.51. The predicted octanol–water partition coefficient (Wildman–Crippen LogP) is 4.67. The summed E-state index contributed by atoms with van der Waals surface area (Å²) in [4.78, 5) is 0.352. The van der Waals surface area contributed by atoms with Crippen LogP contribution < -0.4 is 0 Å². The van der Waals surface area contributed by atoms with Gasteiger partial charge < -0.3 is 0 Å². The van der Waals surface area contributed by atoms with Gasteiger partial charge in [-0.3, -0.25) is 0 Å². The standard InChI is InChI=1S/C17H22O2S/c1-2-3-4-5-6-7-8-9-13-16-20(18,19)17-14-11-10-12-15-17/h2-5,10-16H,6-9H2,1H3/b3-2+,5-4-,16-13-. The molecule has 20 heavy (non-hydrogen) atoms. The molecule has 0 aliphatic heterocycles. The summed E-state index contributed by atoms with van der Waals surface area (Å²) in [6.07, 6.45) is 13.8. The number of hydrogen-bond acceptors (Lipinski definition) is 2. The van der Waals surface area contributed by atoms with Crippen LogP contribution in [0.4, 0.5) is 0 Å². The monoisotopic (exact) mass is 290 g/mol. The quantitative estimate of drug-likeness (QED) is 0.515. The normalized spacial score (nSPS) is 12.8. The van der Waals surface area contributed by atoms with E-state index in [1.54, 1.807) is 30.3 Å². The van der Waals surface area contributed by atoms with Crippen molar-refractivity contribution in [3.8, 4) is 0 Å². The topological polar surface area (TPSA) is 34.1 Å². The Kier molecular flexibility index (Phi) is 7.66. The third kappa shape index (κ3) is 6.53. The molecule has 2 nitrogen and oxygen atoms in total. The molecular weight excluding hydrogens is 268 g/mol. The van der Waals surface area contributed by atoms with Gasteiger partial charge in [0, 0.05) is 5.41 Å². The van der Waals surface area contributed by atoms with Gasteiger partial charge in [-0.25, -0.2) is 8.42 Å². The van der Waals surface area contributed by atoms with E-state index in [4.69, 9.17) is 0 Å². The molecule has 1 aromatic rings. The molecule has 1 rings (SSSR count). The van der Waals surface area contributed by atoms with E-state index in [1.807, 2.05) is 31.2 Å². The first-order valence-corrected chi connectivity index (χ1v) is 8.46. The number of sulfone groups is 1. The molecule has 3 heteroatoms. The minimum Gasteiger partial charge on any atom is -0.219 e. The molecule has 0 saturated carbocycles. The molecule has 0 unspecified atom stereocenters. The minimum absolute atomic E-state index is 0.352. The van der Waals surface area contributed by atoms with Gasteiger partial charge in [-0.2, -0.15) is 0 Å². The van der Waals surface area contributed by atoms with E-state index >= 15 is 0 Å². The Bertz CT molecular complexity index is 552. The van der Waals surface area contributed by atoms with Crippen molar-refractivity contribution < 1.29 is 8.42 Å².